The standard InChI is InChI=1S/C15H21N3O2S/c1-10-8-18(7-6-13(10)19)9-14(20)17-12-5-3-2-4-11(12)15(16)21/h2-5,10,13,19H,6-9H2,1H3,(H2,16,21)(H,17,20). The lowest BCUT2D eigenvalue weighted by molar-refractivity contribution is -0.118. The highest BCUT2D eigenvalue weighted by molar-refractivity contribution is 7.80. The number of benzene rings is 1. The Kier molecular flexibility index (Phi) is 5.27. The predicted octanol–water partition coefficient (Wildman–Crippen LogP) is 0.962. The molecule has 2 atom stereocenters. The number of amides is 1. The van der Waals surface area contributed by atoms with Crippen LogP contribution in [0.5, 0.6) is 0 Å². The molecule has 1 heterocycles. The van der Waals surface area contributed by atoms with Crippen LogP contribution in [0.3, 0.4) is 0 Å². The molecule has 0 aromatic heterocycles. The van der Waals surface area contributed by atoms with Crippen LogP contribution in [0, 0.1) is 5.92 Å². The Balaban J connectivity index is 1.95. The first-order valence-corrected chi connectivity index (χ1v) is 7.47. The summed E-state index contributed by atoms with van der Waals surface area (Å²) in [5.41, 5.74) is 6.96. The quantitative estimate of drug-likeness (QED) is 0.722. The van der Waals surface area contributed by atoms with Gasteiger partial charge in [0.2, 0.25) is 5.91 Å². The Morgan fingerprint density at radius 2 is 2.24 bits per heavy atom. The van der Waals surface area contributed by atoms with Crippen LogP contribution in [0.2, 0.25) is 0 Å². The molecule has 2 unspecified atom stereocenters. The SMILES string of the molecule is CC1CN(CC(=O)Nc2ccccc2C(N)=S)CCC1O. The zero-order valence-electron chi connectivity index (χ0n) is 12.1. The van der Waals surface area contributed by atoms with E-state index in [9.17, 15) is 9.90 Å². The summed E-state index contributed by atoms with van der Waals surface area (Å²) in [6, 6.07) is 7.24. The fourth-order valence-electron chi connectivity index (χ4n) is 2.56. The summed E-state index contributed by atoms with van der Waals surface area (Å²) < 4.78 is 0. The minimum Gasteiger partial charge on any atom is -0.393 e. The van der Waals surface area contributed by atoms with Gasteiger partial charge in [-0.3, -0.25) is 9.69 Å². The lowest BCUT2D eigenvalue weighted by Crippen LogP contribution is -2.45. The summed E-state index contributed by atoms with van der Waals surface area (Å²) in [6.45, 7) is 3.76. The van der Waals surface area contributed by atoms with Gasteiger partial charge < -0.3 is 16.2 Å². The molecule has 1 aromatic rings. The lowest BCUT2D eigenvalue weighted by Gasteiger charge is -2.33. The Morgan fingerprint density at radius 3 is 2.90 bits per heavy atom. The molecule has 0 saturated carbocycles. The van der Waals surface area contributed by atoms with Gasteiger partial charge in [0, 0.05) is 18.7 Å². The number of thiocarbonyl (C=S) groups is 1. The van der Waals surface area contributed by atoms with Gasteiger partial charge in [-0.25, -0.2) is 0 Å². The van der Waals surface area contributed by atoms with E-state index in [1.807, 2.05) is 19.1 Å². The number of likely N-dealkylation sites (tertiary alicyclic amines) is 1. The number of carbonyl (C=O) groups is 1. The Morgan fingerprint density at radius 1 is 1.52 bits per heavy atom. The van der Waals surface area contributed by atoms with Crippen LogP contribution in [-0.4, -0.2) is 46.6 Å². The minimum atomic E-state index is -0.264. The molecule has 0 radical (unpaired) electrons. The van der Waals surface area contributed by atoms with Crippen LogP contribution in [0.15, 0.2) is 24.3 Å². The summed E-state index contributed by atoms with van der Waals surface area (Å²) in [4.78, 5) is 14.5. The zero-order chi connectivity index (χ0) is 15.4. The number of hydrogen-bond acceptors (Lipinski definition) is 4. The number of carbonyl (C=O) groups excluding carboxylic acids is 1. The van der Waals surface area contributed by atoms with E-state index < -0.39 is 0 Å². The van der Waals surface area contributed by atoms with E-state index >= 15 is 0 Å². The van der Waals surface area contributed by atoms with Crippen molar-refractivity contribution in [1.82, 2.24) is 4.90 Å². The Labute approximate surface area is 130 Å². The van der Waals surface area contributed by atoms with Gasteiger partial charge >= 0.3 is 0 Å². The number of nitrogens with one attached hydrogen (secondary N) is 1. The van der Waals surface area contributed by atoms with Gasteiger partial charge in [0.25, 0.3) is 0 Å². The number of anilines is 1. The van der Waals surface area contributed by atoms with Crippen molar-refractivity contribution in [3.05, 3.63) is 29.8 Å². The first-order chi connectivity index (χ1) is 9.97. The third kappa shape index (κ3) is 4.23. The molecular weight excluding hydrogens is 286 g/mol. The van der Waals surface area contributed by atoms with Crippen LogP contribution in [0.4, 0.5) is 5.69 Å². The molecule has 4 N–H and O–H groups in total. The van der Waals surface area contributed by atoms with E-state index in [2.05, 4.69) is 10.2 Å². The molecule has 1 aromatic carbocycles. The summed E-state index contributed by atoms with van der Waals surface area (Å²) in [5, 5.41) is 12.6. The van der Waals surface area contributed by atoms with E-state index in [4.69, 9.17) is 18.0 Å². The van der Waals surface area contributed by atoms with Crippen LogP contribution >= 0.6 is 12.2 Å². The van der Waals surface area contributed by atoms with Gasteiger partial charge in [0.05, 0.1) is 18.3 Å². The summed E-state index contributed by atoms with van der Waals surface area (Å²) >= 11 is 4.98. The van der Waals surface area contributed by atoms with E-state index in [0.29, 0.717) is 24.2 Å². The van der Waals surface area contributed by atoms with Crippen molar-refractivity contribution in [2.45, 2.75) is 19.4 Å². The van der Waals surface area contributed by atoms with Gasteiger partial charge in [-0.2, -0.15) is 0 Å². The van der Waals surface area contributed by atoms with Crippen molar-refractivity contribution in [2.24, 2.45) is 11.7 Å². The second-order valence-electron chi connectivity index (χ2n) is 5.53. The molecule has 1 aliphatic heterocycles. The molecule has 5 nitrogen and oxygen atoms in total. The first-order valence-electron chi connectivity index (χ1n) is 7.06. The number of nitrogens with two attached hydrogens (primary N) is 1. The van der Waals surface area contributed by atoms with Crippen molar-refractivity contribution in [3.8, 4) is 0 Å². The maximum Gasteiger partial charge on any atom is 0.238 e. The van der Waals surface area contributed by atoms with Crippen molar-refractivity contribution < 1.29 is 9.90 Å². The van der Waals surface area contributed by atoms with E-state index in [-0.39, 0.29) is 22.9 Å². The Bertz CT molecular complexity index is 535. The average Bonchev–Trinajstić information content (AvgIpc) is 2.43. The Hall–Kier alpha value is -1.50. The van der Waals surface area contributed by atoms with E-state index in [1.54, 1.807) is 12.1 Å². The van der Waals surface area contributed by atoms with Crippen molar-refractivity contribution in [3.63, 3.8) is 0 Å². The predicted molar refractivity (Wildman–Crippen MR) is 87.2 cm³/mol. The van der Waals surface area contributed by atoms with Crippen molar-refractivity contribution in [1.29, 1.82) is 0 Å². The molecule has 0 aliphatic carbocycles. The highest BCUT2D eigenvalue weighted by Gasteiger charge is 2.25. The van der Waals surface area contributed by atoms with Gasteiger partial charge in [-0.15, -0.1) is 0 Å². The smallest absolute Gasteiger partial charge is 0.238 e. The third-order valence-electron chi connectivity index (χ3n) is 3.78. The van der Waals surface area contributed by atoms with Gasteiger partial charge in [-0.1, -0.05) is 31.3 Å². The molecule has 1 amide bonds. The number of para-hydroxylation sites is 1. The van der Waals surface area contributed by atoms with E-state index in [0.717, 1.165) is 13.1 Å². The van der Waals surface area contributed by atoms with Crippen LogP contribution in [0.25, 0.3) is 0 Å². The number of aliphatic hydroxyl groups is 1. The third-order valence-corrected chi connectivity index (χ3v) is 4.00. The normalized spacial score (nSPS) is 22.8. The summed E-state index contributed by atoms with van der Waals surface area (Å²) in [6.07, 6.45) is 0.442. The second-order valence-corrected chi connectivity index (χ2v) is 5.97. The molecule has 1 saturated heterocycles. The van der Waals surface area contributed by atoms with Crippen molar-refractivity contribution >= 4 is 28.8 Å². The molecule has 114 valence electrons. The average molecular weight is 307 g/mol. The highest BCUT2D eigenvalue weighted by atomic mass is 32.1. The highest BCUT2D eigenvalue weighted by Crippen LogP contribution is 2.17. The number of hydrogen-bond donors (Lipinski definition) is 3. The molecule has 0 spiro atoms. The zero-order valence-corrected chi connectivity index (χ0v) is 12.9. The van der Waals surface area contributed by atoms with Crippen LogP contribution in [0.1, 0.15) is 18.9 Å². The monoisotopic (exact) mass is 307 g/mol. The van der Waals surface area contributed by atoms with Crippen molar-refractivity contribution in [2.75, 3.05) is 25.0 Å². The van der Waals surface area contributed by atoms with Crippen LogP contribution < -0.4 is 11.1 Å². The van der Waals surface area contributed by atoms with Gasteiger partial charge in [-0.05, 0) is 24.5 Å². The topological polar surface area (TPSA) is 78.6 Å². The number of piperidine rings is 1. The van der Waals surface area contributed by atoms with Gasteiger partial charge in [0.1, 0.15) is 4.99 Å². The second kappa shape index (κ2) is 6.98. The molecule has 21 heavy (non-hydrogen) atoms. The summed E-state index contributed by atoms with van der Waals surface area (Å²) in [7, 11) is 0. The minimum absolute atomic E-state index is 0.0951. The van der Waals surface area contributed by atoms with E-state index in [1.165, 1.54) is 0 Å². The molecule has 6 heteroatoms. The lowest BCUT2D eigenvalue weighted by atomic mass is 9.97. The summed E-state index contributed by atoms with van der Waals surface area (Å²) in [5.74, 6) is 0.0951. The first kappa shape index (κ1) is 15.9. The molecule has 2 rings (SSSR count). The molecular formula is C15H21N3O2S. The van der Waals surface area contributed by atoms with Gasteiger partial charge in [0.15, 0.2) is 0 Å². The maximum atomic E-state index is 12.1. The molecule has 0 bridgehead atoms. The largest absolute Gasteiger partial charge is 0.393 e. The molecule has 1 fully saturated rings. The van der Waals surface area contributed by atoms with Crippen LogP contribution in [-0.2, 0) is 4.79 Å². The fourth-order valence-corrected chi connectivity index (χ4v) is 2.74. The maximum absolute atomic E-state index is 12.1. The number of rotatable bonds is 4. The fraction of sp³-hybridized carbons (Fsp3) is 0.467. The number of nitrogens with zero attached hydrogens (tertiary/aromatic N) is 1. The molecule has 1 aliphatic rings. The number of aliphatic hydroxyl groups excluding tert-OH is 1.